The second-order valence-corrected chi connectivity index (χ2v) is 6.66. The van der Waals surface area contributed by atoms with Crippen molar-refractivity contribution in [3.05, 3.63) is 58.6 Å². The highest BCUT2D eigenvalue weighted by molar-refractivity contribution is 6.34. The van der Waals surface area contributed by atoms with Gasteiger partial charge in [-0.1, -0.05) is 30.9 Å². The molecule has 0 bridgehead atoms. The molecule has 1 aliphatic carbocycles. The van der Waals surface area contributed by atoms with Gasteiger partial charge in [0.2, 0.25) is 0 Å². The van der Waals surface area contributed by atoms with E-state index >= 15 is 0 Å². The first-order chi connectivity index (χ1) is 12.0. The number of anilines is 2. The molecule has 2 N–H and O–H groups in total. The molecule has 1 saturated carbocycles. The van der Waals surface area contributed by atoms with Crippen LogP contribution in [0.4, 0.5) is 20.2 Å². The molecule has 0 unspecified atom stereocenters. The number of hydrogen-bond acceptors (Lipinski definition) is 2. The Bertz CT molecular complexity index is 759. The van der Waals surface area contributed by atoms with E-state index in [4.69, 9.17) is 11.6 Å². The molecule has 0 aromatic heterocycles. The Balaban J connectivity index is 1.64. The van der Waals surface area contributed by atoms with Gasteiger partial charge >= 0.3 is 0 Å². The summed E-state index contributed by atoms with van der Waals surface area (Å²) in [6, 6.07) is 9.38. The van der Waals surface area contributed by atoms with Gasteiger partial charge in [0.15, 0.2) is 11.6 Å². The SMILES string of the molecule is O=C(Nc1ccc(NC2CCCCC2)cc1)c1cc(F)c(F)cc1Cl. The zero-order chi connectivity index (χ0) is 17.8. The van der Waals surface area contributed by atoms with E-state index in [1.54, 1.807) is 12.1 Å². The topological polar surface area (TPSA) is 41.1 Å². The molecule has 0 saturated heterocycles. The second-order valence-electron chi connectivity index (χ2n) is 6.26. The van der Waals surface area contributed by atoms with E-state index in [2.05, 4.69) is 10.6 Å². The third kappa shape index (κ3) is 4.48. The molecule has 6 heteroatoms. The highest BCUT2D eigenvalue weighted by Gasteiger charge is 2.16. The van der Waals surface area contributed by atoms with Crippen molar-refractivity contribution in [2.24, 2.45) is 0 Å². The highest BCUT2D eigenvalue weighted by Crippen LogP contribution is 2.24. The van der Waals surface area contributed by atoms with E-state index in [0.717, 1.165) is 17.8 Å². The van der Waals surface area contributed by atoms with Crippen LogP contribution < -0.4 is 10.6 Å². The van der Waals surface area contributed by atoms with Crippen LogP contribution in [0.1, 0.15) is 42.5 Å². The summed E-state index contributed by atoms with van der Waals surface area (Å²) >= 11 is 5.82. The number of benzene rings is 2. The van der Waals surface area contributed by atoms with Crippen molar-refractivity contribution in [3.63, 3.8) is 0 Å². The first-order valence-corrected chi connectivity index (χ1v) is 8.73. The van der Waals surface area contributed by atoms with Crippen LogP contribution in [0.2, 0.25) is 5.02 Å². The minimum atomic E-state index is -1.11. The number of rotatable bonds is 4. The monoisotopic (exact) mass is 364 g/mol. The number of nitrogens with one attached hydrogen (secondary N) is 2. The molecule has 0 radical (unpaired) electrons. The zero-order valence-corrected chi connectivity index (χ0v) is 14.4. The number of halogens is 3. The van der Waals surface area contributed by atoms with Gasteiger partial charge < -0.3 is 10.6 Å². The van der Waals surface area contributed by atoms with Crippen molar-refractivity contribution in [2.45, 2.75) is 38.1 Å². The summed E-state index contributed by atoms with van der Waals surface area (Å²) in [4.78, 5) is 12.2. The van der Waals surface area contributed by atoms with Gasteiger partial charge in [0.1, 0.15) is 0 Å². The highest BCUT2D eigenvalue weighted by atomic mass is 35.5. The van der Waals surface area contributed by atoms with Gasteiger partial charge in [0, 0.05) is 17.4 Å². The maximum atomic E-state index is 13.3. The molecule has 0 aliphatic heterocycles. The average Bonchev–Trinajstić information content (AvgIpc) is 2.60. The van der Waals surface area contributed by atoms with E-state index < -0.39 is 17.5 Å². The summed E-state index contributed by atoms with van der Waals surface area (Å²) in [6.45, 7) is 0. The summed E-state index contributed by atoms with van der Waals surface area (Å²) < 4.78 is 26.4. The van der Waals surface area contributed by atoms with Crippen molar-refractivity contribution in [3.8, 4) is 0 Å². The summed E-state index contributed by atoms with van der Waals surface area (Å²) in [7, 11) is 0. The van der Waals surface area contributed by atoms with Gasteiger partial charge in [-0.15, -0.1) is 0 Å². The minimum Gasteiger partial charge on any atom is -0.382 e. The lowest BCUT2D eigenvalue weighted by Gasteiger charge is -2.23. The van der Waals surface area contributed by atoms with E-state index in [1.165, 1.54) is 32.1 Å². The van der Waals surface area contributed by atoms with E-state index in [1.807, 2.05) is 12.1 Å². The summed E-state index contributed by atoms with van der Waals surface area (Å²) in [5.74, 6) is -2.78. The van der Waals surface area contributed by atoms with Crippen LogP contribution in [0.3, 0.4) is 0 Å². The molecule has 0 spiro atoms. The molecule has 0 atom stereocenters. The maximum Gasteiger partial charge on any atom is 0.257 e. The van der Waals surface area contributed by atoms with Crippen molar-refractivity contribution in [1.29, 1.82) is 0 Å². The van der Waals surface area contributed by atoms with Crippen LogP contribution in [0.5, 0.6) is 0 Å². The molecule has 0 heterocycles. The van der Waals surface area contributed by atoms with Gasteiger partial charge in [0.25, 0.3) is 5.91 Å². The summed E-state index contributed by atoms with van der Waals surface area (Å²) in [5.41, 5.74) is 1.45. The standard InChI is InChI=1S/C19H19ClF2N2O/c20-16-11-18(22)17(21)10-15(16)19(25)24-14-8-6-13(7-9-14)23-12-4-2-1-3-5-12/h6-12,23H,1-5H2,(H,24,25). The van der Waals surface area contributed by atoms with E-state index in [0.29, 0.717) is 11.7 Å². The lowest BCUT2D eigenvalue weighted by Crippen LogP contribution is -2.22. The van der Waals surface area contributed by atoms with Gasteiger partial charge in [-0.2, -0.15) is 0 Å². The quantitative estimate of drug-likeness (QED) is 0.692. The summed E-state index contributed by atoms with van der Waals surface area (Å²) in [5, 5.41) is 5.99. The number of amides is 1. The fourth-order valence-electron chi connectivity index (χ4n) is 3.03. The average molecular weight is 365 g/mol. The first-order valence-electron chi connectivity index (χ1n) is 8.35. The Morgan fingerprint density at radius 1 is 0.960 bits per heavy atom. The molecule has 1 fully saturated rings. The second kappa shape index (κ2) is 7.83. The minimum absolute atomic E-state index is 0.107. The Labute approximate surface area is 150 Å². The van der Waals surface area contributed by atoms with Gasteiger partial charge in [-0.3, -0.25) is 4.79 Å². The van der Waals surface area contributed by atoms with Crippen molar-refractivity contribution in [2.75, 3.05) is 10.6 Å². The van der Waals surface area contributed by atoms with Crippen molar-refractivity contribution >= 4 is 28.9 Å². The zero-order valence-electron chi connectivity index (χ0n) is 13.6. The molecule has 1 aliphatic rings. The molecule has 3 nitrogen and oxygen atoms in total. The van der Waals surface area contributed by atoms with E-state index in [9.17, 15) is 13.6 Å². The van der Waals surface area contributed by atoms with Crippen LogP contribution in [0.15, 0.2) is 36.4 Å². The lowest BCUT2D eigenvalue weighted by atomic mass is 9.95. The number of carbonyl (C=O) groups excluding carboxylic acids is 1. The molecule has 3 rings (SSSR count). The van der Waals surface area contributed by atoms with Crippen LogP contribution in [-0.4, -0.2) is 11.9 Å². The van der Waals surface area contributed by atoms with Gasteiger partial charge in [-0.05, 0) is 49.2 Å². The largest absolute Gasteiger partial charge is 0.382 e. The number of hydrogen-bond donors (Lipinski definition) is 2. The van der Waals surface area contributed by atoms with Crippen molar-refractivity contribution in [1.82, 2.24) is 0 Å². The van der Waals surface area contributed by atoms with E-state index in [-0.39, 0.29) is 10.6 Å². The van der Waals surface area contributed by atoms with Gasteiger partial charge in [-0.25, -0.2) is 8.78 Å². The molecular weight excluding hydrogens is 346 g/mol. The molecule has 132 valence electrons. The Hall–Kier alpha value is -2.14. The summed E-state index contributed by atoms with van der Waals surface area (Å²) in [6.07, 6.45) is 6.15. The van der Waals surface area contributed by atoms with Crippen LogP contribution in [0, 0.1) is 11.6 Å². The maximum absolute atomic E-state index is 13.3. The third-order valence-electron chi connectivity index (χ3n) is 4.37. The molecule has 25 heavy (non-hydrogen) atoms. The first kappa shape index (κ1) is 17.7. The van der Waals surface area contributed by atoms with Crippen LogP contribution >= 0.6 is 11.6 Å². The third-order valence-corrected chi connectivity index (χ3v) is 4.69. The Kier molecular flexibility index (Phi) is 5.53. The van der Waals surface area contributed by atoms with Crippen LogP contribution in [-0.2, 0) is 0 Å². The lowest BCUT2D eigenvalue weighted by molar-refractivity contribution is 0.102. The van der Waals surface area contributed by atoms with Crippen molar-refractivity contribution < 1.29 is 13.6 Å². The molecular formula is C19H19ClF2N2O. The predicted molar refractivity (Wildman–Crippen MR) is 96.3 cm³/mol. The smallest absolute Gasteiger partial charge is 0.257 e. The Morgan fingerprint density at radius 2 is 1.56 bits per heavy atom. The fourth-order valence-corrected chi connectivity index (χ4v) is 3.26. The van der Waals surface area contributed by atoms with Crippen LogP contribution in [0.25, 0.3) is 0 Å². The molecule has 1 amide bonds. The Morgan fingerprint density at radius 3 is 2.24 bits per heavy atom. The molecule has 2 aromatic rings. The molecule has 2 aromatic carbocycles. The predicted octanol–water partition coefficient (Wildman–Crippen LogP) is 5.62. The van der Waals surface area contributed by atoms with Gasteiger partial charge in [0.05, 0.1) is 10.6 Å². The number of carbonyl (C=O) groups is 1. The fraction of sp³-hybridized carbons (Fsp3) is 0.316. The normalized spacial score (nSPS) is 15.0.